The van der Waals surface area contributed by atoms with E-state index in [1.54, 1.807) is 11.8 Å². The Morgan fingerprint density at radius 2 is 1.80 bits per heavy atom. The number of amides is 1. The molecule has 0 saturated carbocycles. The van der Waals surface area contributed by atoms with Crippen molar-refractivity contribution >= 4 is 40.3 Å². The largest absolute Gasteiger partial charge is 0.490 e. The monoisotopic (exact) mass is 455 g/mol. The van der Waals surface area contributed by atoms with Crippen LogP contribution in [0.15, 0.2) is 4.99 Å². The lowest BCUT2D eigenvalue weighted by Gasteiger charge is -2.31. The van der Waals surface area contributed by atoms with E-state index < -0.39 is 18.1 Å². The van der Waals surface area contributed by atoms with Crippen LogP contribution in [0.3, 0.4) is 0 Å². The lowest BCUT2D eigenvalue weighted by Crippen LogP contribution is -2.41. The third kappa shape index (κ3) is 8.20. The summed E-state index contributed by atoms with van der Waals surface area (Å²) in [6.07, 6.45) is -4.00. The van der Waals surface area contributed by atoms with Crippen LogP contribution in [0.1, 0.15) is 28.2 Å². The van der Waals surface area contributed by atoms with Gasteiger partial charge in [0, 0.05) is 13.1 Å². The molecule has 2 heterocycles. The van der Waals surface area contributed by atoms with Gasteiger partial charge in [-0.3, -0.25) is 4.79 Å². The van der Waals surface area contributed by atoms with Crippen molar-refractivity contribution in [1.29, 1.82) is 0 Å². The van der Waals surface area contributed by atoms with E-state index in [-0.39, 0.29) is 24.6 Å². The Hall–Kier alpha value is -2.94. The number of alkyl halides is 3. The first-order chi connectivity index (χ1) is 13.8. The second-order valence-electron chi connectivity index (χ2n) is 5.95. The maximum atomic E-state index is 12.5. The molecule has 30 heavy (non-hydrogen) atoms. The first-order valence-electron chi connectivity index (χ1n) is 8.31. The molecule has 0 aromatic carbocycles. The summed E-state index contributed by atoms with van der Waals surface area (Å²) >= 11 is 1.15. The van der Waals surface area contributed by atoms with Crippen molar-refractivity contribution < 1.29 is 42.5 Å². The van der Waals surface area contributed by atoms with E-state index in [1.807, 2.05) is 0 Å². The highest BCUT2D eigenvalue weighted by Gasteiger charge is 2.38. The number of nitrogens with two attached hydrogens (primary N) is 2. The number of thiazole rings is 1. The number of hydrogen-bond acceptors (Lipinski definition) is 7. The highest BCUT2D eigenvalue weighted by atomic mass is 32.1. The van der Waals surface area contributed by atoms with Crippen molar-refractivity contribution in [2.75, 3.05) is 19.7 Å². The summed E-state index contributed by atoms with van der Waals surface area (Å²) in [6.45, 7) is 2.45. The number of aromatic nitrogens is 1. The number of aryl methyl sites for hydroxylation is 1. The number of carboxylic acid groups (broad SMARTS) is 2. The lowest BCUT2D eigenvalue weighted by atomic mass is 10.1. The van der Waals surface area contributed by atoms with E-state index >= 15 is 0 Å². The van der Waals surface area contributed by atoms with Gasteiger partial charge in [0.15, 0.2) is 5.96 Å². The number of halogens is 3. The molecule has 0 bridgehead atoms. The summed E-state index contributed by atoms with van der Waals surface area (Å²) in [5.74, 6) is -3.97. The topological polar surface area (TPSA) is 181 Å². The third-order valence-electron chi connectivity index (χ3n) is 3.62. The third-order valence-corrected chi connectivity index (χ3v) is 4.66. The van der Waals surface area contributed by atoms with Gasteiger partial charge in [-0.05, 0) is 19.8 Å². The van der Waals surface area contributed by atoms with E-state index in [4.69, 9.17) is 31.2 Å². The Morgan fingerprint density at radius 3 is 2.23 bits per heavy atom. The Kier molecular flexibility index (Phi) is 8.97. The molecule has 0 aliphatic carbocycles. The van der Waals surface area contributed by atoms with Gasteiger partial charge in [-0.1, -0.05) is 11.3 Å². The summed E-state index contributed by atoms with van der Waals surface area (Å²) in [4.78, 5) is 42.2. The second-order valence-corrected chi connectivity index (χ2v) is 6.92. The van der Waals surface area contributed by atoms with Gasteiger partial charge in [0.2, 0.25) is 5.13 Å². The van der Waals surface area contributed by atoms with Crippen LogP contribution in [-0.4, -0.2) is 75.9 Å². The van der Waals surface area contributed by atoms with E-state index in [0.29, 0.717) is 41.6 Å². The molecule has 0 spiro atoms. The molecule has 2 rings (SSSR count). The molecule has 1 aromatic rings. The minimum Gasteiger partial charge on any atom is -0.480 e. The summed E-state index contributed by atoms with van der Waals surface area (Å²) in [5, 5.41) is 16.1. The van der Waals surface area contributed by atoms with Gasteiger partial charge in [0.05, 0.1) is 11.8 Å². The normalized spacial score (nSPS) is 14.5. The summed E-state index contributed by atoms with van der Waals surface area (Å²) < 4.78 is 37.0. The van der Waals surface area contributed by atoms with E-state index in [0.717, 1.165) is 11.3 Å². The maximum absolute atomic E-state index is 12.5. The highest BCUT2D eigenvalue weighted by Crippen LogP contribution is 2.27. The smallest absolute Gasteiger partial charge is 0.480 e. The first-order valence-corrected chi connectivity index (χ1v) is 9.12. The number of guanidine groups is 1. The van der Waals surface area contributed by atoms with Crippen LogP contribution < -0.4 is 11.5 Å². The Bertz CT molecular complexity index is 801. The van der Waals surface area contributed by atoms with Crippen LogP contribution in [0.2, 0.25) is 0 Å². The quantitative estimate of drug-likeness (QED) is 0.367. The second kappa shape index (κ2) is 10.7. The number of ether oxygens (including phenoxy) is 1. The molecule has 1 aliphatic rings. The zero-order valence-corrected chi connectivity index (χ0v) is 16.5. The van der Waals surface area contributed by atoms with Gasteiger partial charge < -0.3 is 31.3 Å². The molecule has 1 amide bonds. The summed E-state index contributed by atoms with van der Waals surface area (Å²) in [5.41, 5.74) is 11.2. The van der Waals surface area contributed by atoms with Gasteiger partial charge >= 0.3 is 18.1 Å². The lowest BCUT2D eigenvalue weighted by molar-refractivity contribution is -0.192. The van der Waals surface area contributed by atoms with Crippen molar-refractivity contribution in [3.8, 4) is 0 Å². The van der Waals surface area contributed by atoms with Crippen LogP contribution >= 0.6 is 11.3 Å². The number of carbonyl (C=O) groups is 3. The molecular formula is C15H20F3N5O6S. The van der Waals surface area contributed by atoms with Crippen molar-refractivity contribution in [1.82, 2.24) is 9.88 Å². The van der Waals surface area contributed by atoms with E-state index in [9.17, 15) is 22.8 Å². The SMILES string of the molecule is Cc1nc(N=C(N)N)sc1C(=O)N1CCC(OCC(=O)O)CC1.O=C(O)C(F)(F)F. The van der Waals surface area contributed by atoms with Gasteiger partial charge in [-0.2, -0.15) is 18.2 Å². The fraction of sp³-hybridized carbons (Fsp3) is 0.533. The highest BCUT2D eigenvalue weighted by molar-refractivity contribution is 7.17. The van der Waals surface area contributed by atoms with Crippen molar-refractivity contribution in [3.05, 3.63) is 10.6 Å². The molecule has 6 N–H and O–H groups in total. The number of aliphatic carboxylic acids is 2. The van der Waals surface area contributed by atoms with Gasteiger partial charge in [0.1, 0.15) is 11.5 Å². The number of nitrogens with zero attached hydrogens (tertiary/aromatic N) is 3. The number of likely N-dealkylation sites (tertiary alicyclic amines) is 1. The summed E-state index contributed by atoms with van der Waals surface area (Å²) in [7, 11) is 0. The number of hydrogen-bond donors (Lipinski definition) is 4. The predicted molar refractivity (Wildman–Crippen MR) is 98.5 cm³/mol. The van der Waals surface area contributed by atoms with Gasteiger partial charge in [-0.25, -0.2) is 14.6 Å². The van der Waals surface area contributed by atoms with Crippen LogP contribution in [0.4, 0.5) is 18.3 Å². The number of rotatable bonds is 5. The molecule has 11 nitrogen and oxygen atoms in total. The van der Waals surface area contributed by atoms with Gasteiger partial charge in [0.25, 0.3) is 5.91 Å². The average molecular weight is 455 g/mol. The first kappa shape index (κ1) is 25.1. The molecule has 0 atom stereocenters. The zero-order chi connectivity index (χ0) is 23.1. The predicted octanol–water partition coefficient (Wildman–Crippen LogP) is 0.696. The average Bonchev–Trinajstić information content (AvgIpc) is 2.98. The molecule has 1 aromatic heterocycles. The van der Waals surface area contributed by atoms with Crippen molar-refractivity contribution in [3.63, 3.8) is 0 Å². The molecule has 1 saturated heterocycles. The standard InChI is InChI=1S/C13H19N5O4S.C2HF3O2/c1-7-10(23-13(16-7)17-12(14)15)11(21)18-4-2-8(3-5-18)22-6-9(19)20;3-2(4,5)1(6)7/h8H,2-6H2,1H3,(H,19,20)(H4,14,15,16,17);(H,6,7). The number of carbonyl (C=O) groups excluding carboxylic acids is 1. The zero-order valence-electron chi connectivity index (χ0n) is 15.7. The minimum atomic E-state index is -5.08. The summed E-state index contributed by atoms with van der Waals surface area (Å²) in [6, 6.07) is 0. The fourth-order valence-corrected chi connectivity index (χ4v) is 3.22. The Labute approximate surface area is 172 Å². The van der Waals surface area contributed by atoms with Crippen molar-refractivity contribution in [2.45, 2.75) is 32.0 Å². The Balaban J connectivity index is 0.000000553. The molecule has 168 valence electrons. The molecule has 1 fully saturated rings. The number of carboxylic acids is 2. The van der Waals surface area contributed by atoms with Crippen molar-refractivity contribution in [2.24, 2.45) is 16.5 Å². The number of piperidine rings is 1. The molecule has 0 unspecified atom stereocenters. The van der Waals surface area contributed by atoms with Gasteiger partial charge in [-0.15, -0.1) is 0 Å². The molecule has 1 aliphatic heterocycles. The van der Waals surface area contributed by atoms with E-state index in [1.165, 1.54) is 0 Å². The number of aliphatic imine (C=N–C) groups is 1. The van der Waals surface area contributed by atoms with Crippen LogP contribution in [0.25, 0.3) is 0 Å². The van der Waals surface area contributed by atoms with Crippen LogP contribution in [0.5, 0.6) is 0 Å². The molecule has 15 heteroatoms. The molecular weight excluding hydrogens is 435 g/mol. The maximum Gasteiger partial charge on any atom is 0.490 e. The fourth-order valence-electron chi connectivity index (χ4n) is 2.30. The minimum absolute atomic E-state index is 0.103. The van der Waals surface area contributed by atoms with E-state index in [2.05, 4.69) is 9.98 Å². The van der Waals surface area contributed by atoms with Crippen LogP contribution in [0, 0.1) is 6.92 Å². The molecule has 0 radical (unpaired) electrons. The Morgan fingerprint density at radius 1 is 1.27 bits per heavy atom. The van der Waals surface area contributed by atoms with Crippen LogP contribution in [-0.2, 0) is 14.3 Å².